The maximum absolute atomic E-state index is 12.8. The molecular weight excluding hydrogens is 294 g/mol. The Morgan fingerprint density at radius 1 is 1.39 bits per heavy atom. The molecule has 1 fully saturated rings. The van der Waals surface area contributed by atoms with Crippen molar-refractivity contribution >= 4 is 12.0 Å². The minimum absolute atomic E-state index is 0.177. The molecule has 0 saturated carbocycles. The summed E-state index contributed by atoms with van der Waals surface area (Å²) in [5.74, 6) is -0.465. The van der Waals surface area contributed by atoms with Gasteiger partial charge in [-0.15, -0.1) is 0 Å². The molecule has 1 aliphatic heterocycles. The third-order valence-corrected chi connectivity index (χ3v) is 4.14. The highest BCUT2D eigenvalue weighted by molar-refractivity contribution is 5.94. The second-order valence-electron chi connectivity index (χ2n) is 5.92. The molecule has 23 heavy (non-hydrogen) atoms. The summed E-state index contributed by atoms with van der Waals surface area (Å²) in [6.45, 7) is 2.67. The van der Waals surface area contributed by atoms with Crippen LogP contribution in [0.4, 0.5) is 4.79 Å². The van der Waals surface area contributed by atoms with E-state index in [0.717, 1.165) is 24.8 Å². The number of cyclic esters (lactones) is 1. The van der Waals surface area contributed by atoms with Crippen molar-refractivity contribution in [2.24, 2.45) is 5.92 Å². The lowest BCUT2D eigenvalue weighted by Crippen LogP contribution is -2.44. The predicted octanol–water partition coefficient (Wildman–Crippen LogP) is 3.03. The first kappa shape index (κ1) is 17.5. The second-order valence-corrected chi connectivity index (χ2v) is 5.92. The Balaban J connectivity index is 2.09. The van der Waals surface area contributed by atoms with Gasteiger partial charge in [0.25, 0.3) is 0 Å². The Morgan fingerprint density at radius 3 is 2.78 bits per heavy atom. The lowest BCUT2D eigenvalue weighted by atomic mass is 9.99. The lowest BCUT2D eigenvalue weighted by molar-refractivity contribution is -0.135. The predicted molar refractivity (Wildman–Crippen MR) is 87.0 cm³/mol. The van der Waals surface area contributed by atoms with Gasteiger partial charge in [-0.1, -0.05) is 50.1 Å². The number of benzene rings is 1. The van der Waals surface area contributed by atoms with Crippen molar-refractivity contribution in [1.29, 1.82) is 0 Å². The van der Waals surface area contributed by atoms with E-state index in [1.54, 1.807) is 7.11 Å². The molecule has 0 bridgehead atoms. The van der Waals surface area contributed by atoms with Crippen LogP contribution >= 0.6 is 0 Å². The summed E-state index contributed by atoms with van der Waals surface area (Å²) in [5, 5.41) is 0. The van der Waals surface area contributed by atoms with Crippen molar-refractivity contribution in [3.8, 4) is 0 Å². The monoisotopic (exact) mass is 319 g/mol. The molecule has 0 aliphatic carbocycles. The second kappa shape index (κ2) is 8.67. The van der Waals surface area contributed by atoms with Crippen molar-refractivity contribution < 1.29 is 19.1 Å². The van der Waals surface area contributed by atoms with Gasteiger partial charge >= 0.3 is 6.09 Å². The fraction of sp³-hybridized carbons (Fsp3) is 0.556. The number of methoxy groups -OCH3 is 1. The SMILES string of the molecule is CCCC[C@H](COC)C(=O)N1C(=O)OC[C@@H]1Cc1ccccc1. The number of amides is 2. The first-order chi connectivity index (χ1) is 11.2. The van der Waals surface area contributed by atoms with Gasteiger partial charge in [-0.3, -0.25) is 4.79 Å². The quantitative estimate of drug-likeness (QED) is 0.739. The maximum atomic E-state index is 12.8. The molecule has 0 unspecified atom stereocenters. The molecule has 126 valence electrons. The van der Waals surface area contributed by atoms with Crippen LogP contribution in [0.5, 0.6) is 0 Å². The molecule has 0 radical (unpaired) electrons. The molecule has 2 atom stereocenters. The van der Waals surface area contributed by atoms with Crippen molar-refractivity contribution in [3.05, 3.63) is 35.9 Å². The van der Waals surface area contributed by atoms with Gasteiger partial charge in [-0.25, -0.2) is 9.69 Å². The molecule has 2 amide bonds. The number of unbranched alkanes of at least 4 members (excludes halogenated alkanes) is 1. The molecule has 1 aromatic carbocycles. The molecule has 0 spiro atoms. The van der Waals surface area contributed by atoms with Gasteiger partial charge in [0.1, 0.15) is 6.61 Å². The van der Waals surface area contributed by atoms with E-state index in [9.17, 15) is 9.59 Å². The molecule has 0 N–H and O–H groups in total. The number of rotatable bonds is 8. The molecule has 1 heterocycles. The van der Waals surface area contributed by atoms with Crippen LogP contribution < -0.4 is 0 Å². The summed E-state index contributed by atoms with van der Waals surface area (Å²) >= 11 is 0. The molecule has 1 aliphatic rings. The molecular formula is C18H25NO4. The fourth-order valence-corrected chi connectivity index (χ4v) is 2.89. The number of nitrogens with zero attached hydrogens (tertiary/aromatic N) is 1. The van der Waals surface area contributed by atoms with Gasteiger partial charge in [0, 0.05) is 7.11 Å². The Labute approximate surface area is 137 Å². The number of hydrogen-bond donors (Lipinski definition) is 0. The first-order valence-electron chi connectivity index (χ1n) is 8.20. The summed E-state index contributed by atoms with van der Waals surface area (Å²) in [6.07, 6.45) is 2.75. The molecule has 5 nitrogen and oxygen atoms in total. The number of hydrogen-bond acceptors (Lipinski definition) is 4. The van der Waals surface area contributed by atoms with Crippen LogP contribution in [-0.2, 0) is 20.7 Å². The topological polar surface area (TPSA) is 55.8 Å². The highest BCUT2D eigenvalue weighted by Gasteiger charge is 2.40. The van der Waals surface area contributed by atoms with Crippen LogP contribution in [0.15, 0.2) is 30.3 Å². The number of carbonyl (C=O) groups is 2. The third kappa shape index (κ3) is 4.55. The van der Waals surface area contributed by atoms with Crippen LogP contribution in [0.3, 0.4) is 0 Å². The van der Waals surface area contributed by atoms with E-state index < -0.39 is 6.09 Å². The average molecular weight is 319 g/mol. The summed E-state index contributed by atoms with van der Waals surface area (Å²) in [7, 11) is 1.58. The van der Waals surface area contributed by atoms with E-state index in [0.29, 0.717) is 13.0 Å². The molecule has 1 saturated heterocycles. The van der Waals surface area contributed by atoms with E-state index in [2.05, 4.69) is 6.92 Å². The number of ether oxygens (including phenoxy) is 2. The van der Waals surface area contributed by atoms with E-state index >= 15 is 0 Å². The molecule has 5 heteroatoms. The van der Waals surface area contributed by atoms with Crippen LogP contribution in [0, 0.1) is 5.92 Å². The van der Waals surface area contributed by atoms with Crippen LogP contribution in [0.25, 0.3) is 0 Å². The number of imide groups is 1. The Morgan fingerprint density at radius 2 is 2.13 bits per heavy atom. The van der Waals surface area contributed by atoms with Crippen LogP contribution in [0.2, 0.25) is 0 Å². The van der Waals surface area contributed by atoms with Gasteiger partial charge in [0.2, 0.25) is 5.91 Å². The van der Waals surface area contributed by atoms with E-state index in [1.165, 1.54) is 4.90 Å². The summed E-state index contributed by atoms with van der Waals surface area (Å²) in [6, 6.07) is 9.60. The van der Waals surface area contributed by atoms with E-state index in [1.807, 2.05) is 30.3 Å². The fourth-order valence-electron chi connectivity index (χ4n) is 2.89. The Kier molecular flexibility index (Phi) is 6.59. The zero-order chi connectivity index (χ0) is 16.7. The Hall–Kier alpha value is -1.88. The largest absolute Gasteiger partial charge is 0.447 e. The van der Waals surface area contributed by atoms with Gasteiger partial charge in [-0.05, 0) is 18.4 Å². The van der Waals surface area contributed by atoms with Gasteiger partial charge in [0.15, 0.2) is 0 Å². The molecule has 0 aromatic heterocycles. The number of carbonyl (C=O) groups excluding carboxylic acids is 2. The third-order valence-electron chi connectivity index (χ3n) is 4.14. The van der Waals surface area contributed by atoms with Gasteiger partial charge in [0.05, 0.1) is 18.6 Å². The standard InChI is InChI=1S/C18H25NO4/c1-3-4-10-15(12-22-2)17(20)19-16(13-23-18(19)21)11-14-8-6-5-7-9-14/h5-9,15-16H,3-4,10-13H2,1-2H3/t15-,16+/m1/s1. The van der Waals surface area contributed by atoms with Gasteiger partial charge in [-0.2, -0.15) is 0 Å². The van der Waals surface area contributed by atoms with Crippen molar-refractivity contribution in [3.63, 3.8) is 0 Å². The summed E-state index contributed by atoms with van der Waals surface area (Å²) in [4.78, 5) is 26.1. The van der Waals surface area contributed by atoms with Crippen LogP contribution in [0.1, 0.15) is 31.7 Å². The van der Waals surface area contributed by atoms with E-state index in [4.69, 9.17) is 9.47 Å². The minimum atomic E-state index is -0.534. The minimum Gasteiger partial charge on any atom is -0.447 e. The zero-order valence-electron chi connectivity index (χ0n) is 13.9. The average Bonchev–Trinajstić information content (AvgIpc) is 2.92. The smallest absolute Gasteiger partial charge is 0.416 e. The van der Waals surface area contributed by atoms with Crippen LogP contribution in [-0.4, -0.2) is 43.3 Å². The van der Waals surface area contributed by atoms with Gasteiger partial charge < -0.3 is 9.47 Å². The zero-order valence-corrected chi connectivity index (χ0v) is 13.9. The highest BCUT2D eigenvalue weighted by Crippen LogP contribution is 2.22. The summed E-state index contributed by atoms with van der Waals surface area (Å²) < 4.78 is 10.3. The highest BCUT2D eigenvalue weighted by atomic mass is 16.6. The lowest BCUT2D eigenvalue weighted by Gasteiger charge is -2.24. The van der Waals surface area contributed by atoms with Crippen molar-refractivity contribution in [1.82, 2.24) is 4.90 Å². The molecule has 2 rings (SSSR count). The first-order valence-corrected chi connectivity index (χ1v) is 8.20. The van der Waals surface area contributed by atoms with Crippen molar-refractivity contribution in [2.75, 3.05) is 20.3 Å². The van der Waals surface area contributed by atoms with E-state index in [-0.39, 0.29) is 24.5 Å². The van der Waals surface area contributed by atoms with Crippen molar-refractivity contribution in [2.45, 2.75) is 38.6 Å². The molecule has 1 aromatic rings. The maximum Gasteiger partial charge on any atom is 0.416 e. The Bertz CT molecular complexity index is 517. The normalized spacial score (nSPS) is 18.8. The summed E-state index contributed by atoms with van der Waals surface area (Å²) in [5.41, 5.74) is 1.09.